The molecule has 0 radical (unpaired) electrons. The summed E-state index contributed by atoms with van der Waals surface area (Å²) in [6.45, 7) is 1.77. The maximum Gasteiger partial charge on any atom is 0.271 e. The number of hydrazone groups is 1. The maximum absolute atomic E-state index is 12.2. The van der Waals surface area contributed by atoms with Crippen molar-refractivity contribution in [3.05, 3.63) is 90.8 Å². The maximum atomic E-state index is 12.2. The van der Waals surface area contributed by atoms with Gasteiger partial charge >= 0.3 is 0 Å². The van der Waals surface area contributed by atoms with Gasteiger partial charge in [-0.3, -0.25) is 9.59 Å². The molecule has 6 nitrogen and oxygen atoms in total. The van der Waals surface area contributed by atoms with Crippen molar-refractivity contribution in [3.8, 4) is 5.75 Å². The number of amides is 2. The van der Waals surface area contributed by atoms with Gasteiger partial charge in [0.25, 0.3) is 11.8 Å². The normalized spacial score (nSPS) is 10.8. The number of anilines is 1. The minimum atomic E-state index is -0.313. The molecule has 2 amide bonds. The smallest absolute Gasteiger partial charge is 0.271 e. The van der Waals surface area contributed by atoms with E-state index < -0.39 is 0 Å². The molecule has 164 valence electrons. The highest BCUT2D eigenvalue weighted by Gasteiger charge is 2.12. The van der Waals surface area contributed by atoms with E-state index >= 15 is 0 Å². The molecule has 2 N–H and O–H groups in total. The van der Waals surface area contributed by atoms with E-state index in [1.165, 1.54) is 6.21 Å². The third kappa shape index (κ3) is 6.75. The quantitative estimate of drug-likeness (QED) is 0.248. The number of nitrogens with one attached hydrogen (secondary N) is 2. The summed E-state index contributed by atoms with van der Waals surface area (Å²) in [5, 5.41) is 6.83. The van der Waals surface area contributed by atoms with Gasteiger partial charge in [-0.2, -0.15) is 5.10 Å². The number of hydrogen-bond donors (Lipinski definition) is 2. The number of hydrogen-bond acceptors (Lipinski definition) is 4. The highest BCUT2D eigenvalue weighted by Crippen LogP contribution is 2.34. The molecule has 0 saturated heterocycles. The molecule has 9 heteroatoms. The SMILES string of the molecule is Cc1ccccc1NC(=O)COc1c(Br)cc(/C=N/NC(=O)c2ccc(Br)cc2)cc1Br. The zero-order valence-electron chi connectivity index (χ0n) is 16.9. The van der Waals surface area contributed by atoms with Gasteiger partial charge in [0.2, 0.25) is 0 Å². The largest absolute Gasteiger partial charge is 0.481 e. The Labute approximate surface area is 210 Å². The fourth-order valence-electron chi connectivity index (χ4n) is 2.66. The predicted octanol–water partition coefficient (Wildman–Crippen LogP) is 6.06. The third-order valence-corrected chi connectivity index (χ3v) is 5.98. The first-order valence-electron chi connectivity index (χ1n) is 9.40. The van der Waals surface area contributed by atoms with Gasteiger partial charge in [-0.1, -0.05) is 34.1 Å². The Morgan fingerprint density at radius 2 is 1.66 bits per heavy atom. The van der Waals surface area contributed by atoms with Crippen LogP contribution in [0.3, 0.4) is 0 Å². The second kappa shape index (κ2) is 11.4. The van der Waals surface area contributed by atoms with E-state index in [0.29, 0.717) is 20.3 Å². The summed E-state index contributed by atoms with van der Waals surface area (Å²) in [6, 6.07) is 18.0. The van der Waals surface area contributed by atoms with Gasteiger partial charge in [0.05, 0.1) is 15.2 Å². The van der Waals surface area contributed by atoms with Crippen LogP contribution < -0.4 is 15.5 Å². The second-order valence-corrected chi connectivity index (χ2v) is 9.30. The molecule has 0 saturated carbocycles. The number of nitrogens with zero attached hydrogens (tertiary/aromatic N) is 1. The summed E-state index contributed by atoms with van der Waals surface area (Å²) in [5.41, 5.74) is 5.43. The van der Waals surface area contributed by atoms with Crippen molar-refractivity contribution in [2.24, 2.45) is 5.10 Å². The van der Waals surface area contributed by atoms with Gasteiger partial charge < -0.3 is 10.1 Å². The Morgan fingerprint density at radius 3 is 2.31 bits per heavy atom. The van der Waals surface area contributed by atoms with E-state index in [-0.39, 0.29) is 18.4 Å². The van der Waals surface area contributed by atoms with Crippen LogP contribution in [0.2, 0.25) is 0 Å². The standard InChI is InChI=1S/C23H18Br3N3O3/c1-14-4-2-3-5-20(14)28-21(30)13-32-22-18(25)10-15(11-19(22)26)12-27-29-23(31)16-6-8-17(24)9-7-16/h2-12H,13H2,1H3,(H,28,30)(H,29,31)/b27-12+. The lowest BCUT2D eigenvalue weighted by Crippen LogP contribution is -2.21. The molecule has 0 heterocycles. The van der Waals surface area contributed by atoms with Gasteiger partial charge in [-0.15, -0.1) is 0 Å². The number of ether oxygens (including phenoxy) is 1. The first kappa shape index (κ1) is 24.2. The molecule has 0 aliphatic rings. The molecule has 0 aliphatic carbocycles. The van der Waals surface area contributed by atoms with E-state index in [4.69, 9.17) is 4.74 Å². The number of para-hydroxylation sites is 1. The van der Waals surface area contributed by atoms with E-state index in [1.54, 1.807) is 36.4 Å². The lowest BCUT2D eigenvalue weighted by Gasteiger charge is -2.12. The minimum absolute atomic E-state index is 0.151. The second-order valence-electron chi connectivity index (χ2n) is 6.67. The molecular weight excluding hydrogens is 606 g/mol. The van der Waals surface area contributed by atoms with Crippen LogP contribution in [0, 0.1) is 6.92 Å². The monoisotopic (exact) mass is 621 g/mol. The topological polar surface area (TPSA) is 79.8 Å². The van der Waals surface area contributed by atoms with Crippen LogP contribution in [0.1, 0.15) is 21.5 Å². The van der Waals surface area contributed by atoms with Crippen LogP contribution in [0.4, 0.5) is 5.69 Å². The van der Waals surface area contributed by atoms with Crippen molar-refractivity contribution in [2.75, 3.05) is 11.9 Å². The molecule has 0 bridgehead atoms. The van der Waals surface area contributed by atoms with Crippen molar-refractivity contribution in [3.63, 3.8) is 0 Å². The predicted molar refractivity (Wildman–Crippen MR) is 136 cm³/mol. The van der Waals surface area contributed by atoms with Crippen LogP contribution >= 0.6 is 47.8 Å². The highest BCUT2D eigenvalue weighted by atomic mass is 79.9. The molecule has 32 heavy (non-hydrogen) atoms. The van der Waals surface area contributed by atoms with E-state index in [1.807, 2.05) is 31.2 Å². The van der Waals surface area contributed by atoms with Crippen LogP contribution in [0.25, 0.3) is 0 Å². The average Bonchev–Trinajstić information content (AvgIpc) is 2.75. The molecule has 0 fully saturated rings. The molecule has 0 spiro atoms. The number of carbonyl (C=O) groups is 2. The minimum Gasteiger partial charge on any atom is -0.481 e. The van der Waals surface area contributed by atoms with Gasteiger partial charge in [-0.25, -0.2) is 5.43 Å². The van der Waals surface area contributed by atoms with E-state index in [9.17, 15) is 9.59 Å². The molecule has 3 aromatic rings. The van der Waals surface area contributed by atoms with Crippen molar-refractivity contribution in [2.45, 2.75) is 6.92 Å². The zero-order valence-corrected chi connectivity index (χ0v) is 21.6. The number of halogens is 3. The zero-order chi connectivity index (χ0) is 23.1. The van der Waals surface area contributed by atoms with Gasteiger partial charge in [0.1, 0.15) is 5.75 Å². The van der Waals surface area contributed by atoms with Gasteiger partial charge in [-0.05, 0) is 92.4 Å². The Hall–Kier alpha value is -2.49. The fraction of sp³-hybridized carbons (Fsp3) is 0.0870. The molecule has 0 aromatic heterocycles. The molecule has 0 atom stereocenters. The fourth-order valence-corrected chi connectivity index (χ4v) is 4.38. The summed E-state index contributed by atoms with van der Waals surface area (Å²) < 4.78 is 7.84. The summed E-state index contributed by atoms with van der Waals surface area (Å²) in [6.07, 6.45) is 1.51. The Balaban J connectivity index is 1.59. The van der Waals surface area contributed by atoms with Gasteiger partial charge in [0.15, 0.2) is 6.61 Å². The van der Waals surface area contributed by atoms with Crippen molar-refractivity contribution < 1.29 is 14.3 Å². The average molecular weight is 624 g/mol. The number of benzene rings is 3. The number of rotatable bonds is 7. The first-order valence-corrected chi connectivity index (χ1v) is 11.8. The lowest BCUT2D eigenvalue weighted by atomic mass is 10.2. The van der Waals surface area contributed by atoms with Crippen molar-refractivity contribution in [1.29, 1.82) is 0 Å². The van der Waals surface area contributed by atoms with Crippen molar-refractivity contribution in [1.82, 2.24) is 5.43 Å². The molecular formula is C23H18Br3N3O3. The van der Waals surface area contributed by atoms with E-state index in [0.717, 1.165) is 21.3 Å². The summed E-state index contributed by atoms with van der Waals surface area (Å²) in [7, 11) is 0. The Morgan fingerprint density at radius 1 is 1.00 bits per heavy atom. The van der Waals surface area contributed by atoms with Crippen molar-refractivity contribution >= 4 is 71.5 Å². The molecule has 3 aromatic carbocycles. The summed E-state index contributed by atoms with van der Waals surface area (Å²) >= 11 is 10.2. The number of carbonyl (C=O) groups excluding carboxylic acids is 2. The summed E-state index contributed by atoms with van der Waals surface area (Å²) in [4.78, 5) is 24.4. The molecule has 3 rings (SSSR count). The highest BCUT2D eigenvalue weighted by molar-refractivity contribution is 9.11. The van der Waals surface area contributed by atoms with Crippen LogP contribution in [-0.4, -0.2) is 24.6 Å². The van der Waals surface area contributed by atoms with Crippen LogP contribution in [0.5, 0.6) is 5.75 Å². The Kier molecular flexibility index (Phi) is 8.60. The van der Waals surface area contributed by atoms with Crippen LogP contribution in [0.15, 0.2) is 79.2 Å². The lowest BCUT2D eigenvalue weighted by molar-refractivity contribution is -0.118. The van der Waals surface area contributed by atoms with E-state index in [2.05, 4.69) is 63.6 Å². The van der Waals surface area contributed by atoms with Crippen LogP contribution in [-0.2, 0) is 4.79 Å². The summed E-state index contributed by atoms with van der Waals surface area (Å²) in [5.74, 6) is -0.0909. The molecule has 0 aliphatic heterocycles. The molecule has 0 unspecified atom stereocenters. The van der Waals surface area contributed by atoms with Gasteiger partial charge in [0, 0.05) is 15.7 Å². The first-order chi connectivity index (χ1) is 15.3. The Bertz CT molecular complexity index is 1140. The third-order valence-electron chi connectivity index (χ3n) is 4.27. The number of aryl methyl sites for hydroxylation is 1.